The molecule has 4 nitrogen and oxygen atoms in total. The largest absolute Gasteiger partial charge is 0.311 e. The molecule has 7 heteroatoms. The molecule has 0 spiro atoms. The van der Waals surface area contributed by atoms with Gasteiger partial charge in [-0.1, -0.05) is 11.6 Å². The van der Waals surface area contributed by atoms with E-state index in [0.717, 1.165) is 16.2 Å². The lowest BCUT2D eigenvalue weighted by Gasteiger charge is -2.03. The van der Waals surface area contributed by atoms with Crippen molar-refractivity contribution in [1.82, 2.24) is 10.0 Å². The average Bonchev–Trinajstić information content (AvgIpc) is 2.49. The van der Waals surface area contributed by atoms with E-state index in [9.17, 15) is 8.42 Å². The van der Waals surface area contributed by atoms with E-state index in [0.29, 0.717) is 19.6 Å². The van der Waals surface area contributed by atoms with Crippen molar-refractivity contribution in [3.05, 3.63) is 21.3 Å². The number of hydrogen-bond acceptors (Lipinski definition) is 4. The molecule has 0 amide bonds. The minimum Gasteiger partial charge on any atom is -0.311 e. The Balaban J connectivity index is 2.12. The maximum atomic E-state index is 10.7. The lowest BCUT2D eigenvalue weighted by atomic mass is 10.4. The first-order valence-electron chi connectivity index (χ1n) is 4.35. The number of nitrogens with one attached hydrogen (secondary N) is 2. The summed E-state index contributed by atoms with van der Waals surface area (Å²) in [5, 5.41) is 5.72. The van der Waals surface area contributed by atoms with E-state index >= 15 is 0 Å². The maximum absolute atomic E-state index is 10.7. The third-order valence-electron chi connectivity index (χ3n) is 1.59. The molecule has 1 heterocycles. The third-order valence-corrected chi connectivity index (χ3v) is 3.60. The topological polar surface area (TPSA) is 58.2 Å². The van der Waals surface area contributed by atoms with Crippen LogP contribution in [0.3, 0.4) is 0 Å². The van der Waals surface area contributed by atoms with Crippen LogP contribution in [0.1, 0.15) is 4.88 Å². The Bertz CT molecular complexity index is 403. The Hall–Kier alpha value is -0.140. The van der Waals surface area contributed by atoms with Crippen molar-refractivity contribution in [1.29, 1.82) is 0 Å². The minimum atomic E-state index is -3.07. The SMILES string of the molecule is CS(=O)(=O)NCCNCc1cc(Cl)cs1. The number of rotatable bonds is 6. The van der Waals surface area contributed by atoms with E-state index in [2.05, 4.69) is 10.0 Å². The zero-order chi connectivity index (χ0) is 11.3. The average molecular weight is 269 g/mol. The monoisotopic (exact) mass is 268 g/mol. The predicted octanol–water partition coefficient (Wildman–Crippen LogP) is 1.04. The van der Waals surface area contributed by atoms with Gasteiger partial charge in [-0.15, -0.1) is 11.3 Å². The van der Waals surface area contributed by atoms with E-state index in [4.69, 9.17) is 11.6 Å². The van der Waals surface area contributed by atoms with Gasteiger partial charge in [0, 0.05) is 29.9 Å². The van der Waals surface area contributed by atoms with Crippen molar-refractivity contribution in [2.24, 2.45) is 0 Å². The third kappa shape index (κ3) is 6.11. The highest BCUT2D eigenvalue weighted by atomic mass is 35.5. The molecular weight excluding hydrogens is 256 g/mol. The molecule has 0 aromatic carbocycles. The fraction of sp³-hybridized carbons (Fsp3) is 0.500. The fourth-order valence-electron chi connectivity index (χ4n) is 0.983. The van der Waals surface area contributed by atoms with Gasteiger partial charge in [0.2, 0.25) is 10.0 Å². The first-order valence-corrected chi connectivity index (χ1v) is 7.50. The van der Waals surface area contributed by atoms with Crippen LogP contribution in [0.25, 0.3) is 0 Å². The molecule has 86 valence electrons. The fourth-order valence-corrected chi connectivity index (χ4v) is 2.50. The Kier molecular flexibility index (Phi) is 5.01. The summed E-state index contributed by atoms with van der Waals surface area (Å²) in [6, 6.07) is 1.89. The van der Waals surface area contributed by atoms with Gasteiger partial charge in [-0.2, -0.15) is 0 Å². The second kappa shape index (κ2) is 5.81. The molecule has 0 atom stereocenters. The second-order valence-electron chi connectivity index (χ2n) is 3.07. The Morgan fingerprint density at radius 1 is 1.47 bits per heavy atom. The summed E-state index contributed by atoms with van der Waals surface area (Å²) in [7, 11) is -3.07. The molecule has 2 N–H and O–H groups in total. The summed E-state index contributed by atoms with van der Waals surface area (Å²) in [5.74, 6) is 0. The lowest BCUT2D eigenvalue weighted by Crippen LogP contribution is -2.30. The first kappa shape index (κ1) is 12.9. The predicted molar refractivity (Wildman–Crippen MR) is 63.9 cm³/mol. The number of halogens is 1. The zero-order valence-electron chi connectivity index (χ0n) is 8.29. The quantitative estimate of drug-likeness (QED) is 0.758. The Morgan fingerprint density at radius 3 is 2.73 bits per heavy atom. The van der Waals surface area contributed by atoms with Crippen LogP contribution in [0.5, 0.6) is 0 Å². The molecular formula is C8H13ClN2O2S2. The standard InChI is InChI=1S/C8H13ClN2O2S2/c1-15(12,13)11-3-2-10-5-8-4-7(9)6-14-8/h4,6,10-11H,2-3,5H2,1H3. The molecule has 1 aromatic heterocycles. The smallest absolute Gasteiger partial charge is 0.208 e. The van der Waals surface area contributed by atoms with Crippen LogP contribution < -0.4 is 10.0 Å². The molecule has 15 heavy (non-hydrogen) atoms. The molecule has 0 saturated carbocycles. The first-order chi connectivity index (χ1) is 6.97. The van der Waals surface area contributed by atoms with Gasteiger partial charge in [-0.05, 0) is 6.07 Å². The van der Waals surface area contributed by atoms with Crippen LogP contribution >= 0.6 is 22.9 Å². The van der Waals surface area contributed by atoms with E-state index in [1.54, 1.807) is 11.3 Å². The Labute approximate surface area is 98.7 Å². The number of sulfonamides is 1. The molecule has 0 unspecified atom stereocenters. The normalized spacial score (nSPS) is 11.9. The van der Waals surface area contributed by atoms with Gasteiger partial charge in [0.25, 0.3) is 0 Å². The molecule has 0 bridgehead atoms. The van der Waals surface area contributed by atoms with Crippen LogP contribution in [-0.4, -0.2) is 27.8 Å². The molecule has 0 saturated heterocycles. The van der Waals surface area contributed by atoms with Gasteiger partial charge in [0.05, 0.1) is 11.3 Å². The van der Waals surface area contributed by atoms with Gasteiger partial charge in [0.1, 0.15) is 0 Å². The van der Waals surface area contributed by atoms with Crippen LogP contribution in [0, 0.1) is 0 Å². The summed E-state index contributed by atoms with van der Waals surface area (Å²) in [6.07, 6.45) is 1.14. The van der Waals surface area contributed by atoms with E-state index < -0.39 is 10.0 Å². The summed E-state index contributed by atoms with van der Waals surface area (Å²) < 4.78 is 23.8. The molecule has 0 aliphatic carbocycles. The highest BCUT2D eigenvalue weighted by Crippen LogP contribution is 2.18. The molecule has 1 aromatic rings. The van der Waals surface area contributed by atoms with Gasteiger partial charge in [-0.25, -0.2) is 13.1 Å². The van der Waals surface area contributed by atoms with Crippen LogP contribution in [0.15, 0.2) is 11.4 Å². The highest BCUT2D eigenvalue weighted by molar-refractivity contribution is 7.88. The molecule has 0 aliphatic heterocycles. The number of hydrogen-bond donors (Lipinski definition) is 2. The van der Waals surface area contributed by atoms with Crippen molar-refractivity contribution < 1.29 is 8.42 Å². The van der Waals surface area contributed by atoms with E-state index in [1.807, 2.05) is 11.4 Å². The summed E-state index contributed by atoms with van der Waals surface area (Å²) in [5.41, 5.74) is 0. The molecule has 0 radical (unpaired) electrons. The van der Waals surface area contributed by atoms with Crippen molar-refractivity contribution in [2.45, 2.75) is 6.54 Å². The summed E-state index contributed by atoms with van der Waals surface area (Å²) >= 11 is 7.33. The van der Waals surface area contributed by atoms with E-state index in [-0.39, 0.29) is 0 Å². The summed E-state index contributed by atoms with van der Waals surface area (Å²) in [4.78, 5) is 1.14. The molecule has 0 fully saturated rings. The van der Waals surface area contributed by atoms with Crippen molar-refractivity contribution >= 4 is 33.0 Å². The molecule has 1 rings (SSSR count). The second-order valence-corrected chi connectivity index (χ2v) is 6.34. The van der Waals surface area contributed by atoms with Gasteiger partial charge in [-0.3, -0.25) is 0 Å². The van der Waals surface area contributed by atoms with Crippen LogP contribution in [0.4, 0.5) is 0 Å². The maximum Gasteiger partial charge on any atom is 0.208 e. The van der Waals surface area contributed by atoms with Crippen molar-refractivity contribution in [2.75, 3.05) is 19.3 Å². The van der Waals surface area contributed by atoms with Gasteiger partial charge in [0.15, 0.2) is 0 Å². The molecule has 0 aliphatic rings. The van der Waals surface area contributed by atoms with Gasteiger partial charge < -0.3 is 5.32 Å². The zero-order valence-corrected chi connectivity index (χ0v) is 10.7. The van der Waals surface area contributed by atoms with Crippen LogP contribution in [-0.2, 0) is 16.6 Å². The van der Waals surface area contributed by atoms with Crippen molar-refractivity contribution in [3.63, 3.8) is 0 Å². The minimum absolute atomic E-state index is 0.401. The number of thiophene rings is 1. The highest BCUT2D eigenvalue weighted by Gasteiger charge is 1.99. The van der Waals surface area contributed by atoms with Crippen LogP contribution in [0.2, 0.25) is 5.02 Å². The van der Waals surface area contributed by atoms with E-state index in [1.165, 1.54) is 0 Å². The Morgan fingerprint density at radius 2 is 2.20 bits per heavy atom. The van der Waals surface area contributed by atoms with Crippen molar-refractivity contribution in [3.8, 4) is 0 Å². The van der Waals surface area contributed by atoms with Gasteiger partial charge >= 0.3 is 0 Å². The lowest BCUT2D eigenvalue weighted by molar-refractivity contribution is 0.582. The summed E-state index contributed by atoms with van der Waals surface area (Å²) in [6.45, 7) is 1.71.